The Morgan fingerprint density at radius 1 is 0.640 bits per heavy atom. The van der Waals surface area contributed by atoms with E-state index in [2.05, 4.69) is 211 Å². The number of rotatable bonds is 14. The summed E-state index contributed by atoms with van der Waals surface area (Å²) in [7, 11) is 0. The molecule has 0 bridgehead atoms. The van der Waals surface area contributed by atoms with Gasteiger partial charge in [-0.15, -0.1) is 0 Å². The third-order valence-corrected chi connectivity index (χ3v) is 16.0. The first-order valence-corrected chi connectivity index (χ1v) is 27.1. The molecule has 0 fully saturated rings. The number of anilines is 2. The van der Waals surface area contributed by atoms with Gasteiger partial charge >= 0.3 is 0 Å². The maximum absolute atomic E-state index is 6.54. The first-order chi connectivity index (χ1) is 37.0. The normalized spacial score (nSPS) is 19.1. The Morgan fingerprint density at radius 2 is 1.40 bits per heavy atom. The predicted molar refractivity (Wildman–Crippen MR) is 319 cm³/mol. The number of hydrogen-bond acceptors (Lipinski definition) is 2. The van der Waals surface area contributed by atoms with Gasteiger partial charge < -0.3 is 13.9 Å². The number of furan rings is 1. The summed E-state index contributed by atoms with van der Waals surface area (Å²) in [6, 6.07) is 35.2. The van der Waals surface area contributed by atoms with Crippen LogP contribution in [0.3, 0.4) is 0 Å². The van der Waals surface area contributed by atoms with E-state index < -0.39 is 0 Å². The van der Waals surface area contributed by atoms with Crippen LogP contribution in [0.25, 0.3) is 51.6 Å². The molecular weight excluding hydrogens is 909 g/mol. The van der Waals surface area contributed by atoms with Crippen LogP contribution in [0.4, 0.5) is 11.4 Å². The summed E-state index contributed by atoms with van der Waals surface area (Å²) >= 11 is 0. The van der Waals surface area contributed by atoms with Crippen LogP contribution in [-0.2, 0) is 19.3 Å². The molecule has 2 unspecified atom stereocenters. The van der Waals surface area contributed by atoms with Crippen LogP contribution in [0, 0.1) is 5.92 Å². The number of allylic oxidation sites excluding steroid dienone is 23. The Balaban J connectivity index is 0.753. The maximum Gasteiger partial charge on any atom is 0.134 e. The fraction of sp³-hybridized carbons (Fsp3) is 0.167. The molecule has 0 saturated carbocycles. The van der Waals surface area contributed by atoms with Gasteiger partial charge in [-0.25, -0.2) is 0 Å². The summed E-state index contributed by atoms with van der Waals surface area (Å²) in [4.78, 5) is 2.26. The molecule has 6 aliphatic rings. The first kappa shape index (κ1) is 47.6. The van der Waals surface area contributed by atoms with E-state index in [1.54, 1.807) is 6.08 Å². The molecule has 0 amide bonds. The molecule has 2 atom stereocenters. The van der Waals surface area contributed by atoms with Gasteiger partial charge in [-0.1, -0.05) is 172 Å². The van der Waals surface area contributed by atoms with Crippen LogP contribution in [0.5, 0.6) is 0 Å². The molecule has 6 aromatic rings. The van der Waals surface area contributed by atoms with E-state index in [9.17, 15) is 0 Å². The lowest BCUT2D eigenvalue weighted by atomic mass is 9.80. The minimum Gasteiger partial charge on any atom is -0.460 e. The average Bonchev–Trinajstić information content (AvgIpc) is 4.06. The standard InChI is InChI=1S/C72H64N2O/c1-4-16-50(5-2)17-15-22-61(6-3)73(63-40-33-53(34-41-63)51-18-9-7-10-19-51)64-42-35-54(36-43-64)52-25-27-56(28-26-52)59-38-45-71-67(48-59)68-49-60(39-46-72(68)75-71)57-31-29-55(30-32-57)58-37-44-70-66(47-58)65-23-13-14-24-69(65)74(70)62-20-11-8-12-21-62/h4-7,9-11,13,15-23,25,27,29-31,33-37,39-44,46,48-49,57-58H,1-3,8,12,14,24,26,28,32,38,45,47H2/b17-15+,50-16+,61-22+. The van der Waals surface area contributed by atoms with Gasteiger partial charge in [-0.2, -0.15) is 0 Å². The Morgan fingerprint density at radius 3 is 2.13 bits per heavy atom. The van der Waals surface area contributed by atoms with Gasteiger partial charge in [0.25, 0.3) is 0 Å². The van der Waals surface area contributed by atoms with Gasteiger partial charge in [0.15, 0.2) is 0 Å². The van der Waals surface area contributed by atoms with Crippen LogP contribution >= 0.6 is 0 Å². The molecule has 12 rings (SSSR count). The molecule has 3 nitrogen and oxygen atoms in total. The van der Waals surface area contributed by atoms with Gasteiger partial charge in [-0.05, 0) is 186 Å². The van der Waals surface area contributed by atoms with Gasteiger partial charge in [-0.3, -0.25) is 0 Å². The molecule has 0 aliphatic heterocycles. The number of aromatic nitrogens is 1. The number of hydrogen-bond donors (Lipinski definition) is 0. The van der Waals surface area contributed by atoms with Crippen molar-refractivity contribution in [2.45, 2.75) is 70.1 Å². The van der Waals surface area contributed by atoms with Crippen LogP contribution < -0.4 is 4.90 Å². The van der Waals surface area contributed by atoms with Gasteiger partial charge in [0.1, 0.15) is 11.3 Å². The van der Waals surface area contributed by atoms with Crippen molar-refractivity contribution in [2.24, 2.45) is 5.92 Å². The lowest BCUT2D eigenvalue weighted by molar-refractivity contribution is 0.543. The number of benzene rings is 4. The highest BCUT2D eigenvalue weighted by molar-refractivity contribution is 5.91. The summed E-state index contributed by atoms with van der Waals surface area (Å²) in [6.07, 6.45) is 55.3. The van der Waals surface area contributed by atoms with E-state index in [4.69, 9.17) is 4.42 Å². The third kappa shape index (κ3) is 9.56. The van der Waals surface area contributed by atoms with Crippen molar-refractivity contribution >= 4 is 51.8 Å². The third-order valence-electron chi connectivity index (χ3n) is 16.0. The topological polar surface area (TPSA) is 21.3 Å². The van der Waals surface area contributed by atoms with E-state index in [1.165, 1.54) is 83.7 Å². The second kappa shape index (κ2) is 21.2. The van der Waals surface area contributed by atoms with E-state index in [1.807, 2.05) is 30.4 Å². The molecule has 0 radical (unpaired) electrons. The van der Waals surface area contributed by atoms with Gasteiger partial charge in [0.05, 0.1) is 0 Å². The zero-order valence-electron chi connectivity index (χ0n) is 42.9. The van der Waals surface area contributed by atoms with E-state index in [-0.39, 0.29) is 0 Å². The Bertz CT molecular complexity index is 3630. The lowest BCUT2D eigenvalue weighted by Crippen LogP contribution is -2.15. The number of fused-ring (bicyclic) bond motifs is 6. The Labute approximate surface area is 443 Å². The van der Waals surface area contributed by atoms with Crippen molar-refractivity contribution < 1.29 is 4.42 Å². The van der Waals surface area contributed by atoms with Crippen molar-refractivity contribution in [3.05, 3.63) is 293 Å². The fourth-order valence-corrected chi connectivity index (χ4v) is 12.1. The van der Waals surface area contributed by atoms with E-state index in [0.29, 0.717) is 11.8 Å². The molecule has 3 heteroatoms. The van der Waals surface area contributed by atoms with Crippen LogP contribution in [0.1, 0.15) is 95.8 Å². The number of nitrogens with zero attached hydrogens (tertiary/aromatic N) is 2. The summed E-state index contributed by atoms with van der Waals surface area (Å²) in [5.41, 5.74) is 24.1. The quantitative estimate of drug-likeness (QED) is 0.101. The van der Waals surface area contributed by atoms with Crippen molar-refractivity contribution in [3.63, 3.8) is 0 Å². The van der Waals surface area contributed by atoms with Crippen molar-refractivity contribution in [1.29, 1.82) is 0 Å². The smallest absolute Gasteiger partial charge is 0.134 e. The molecule has 4 aromatic carbocycles. The molecule has 368 valence electrons. The average molecular weight is 973 g/mol. The largest absolute Gasteiger partial charge is 0.460 e. The van der Waals surface area contributed by atoms with Gasteiger partial charge in [0, 0.05) is 63.4 Å². The highest BCUT2D eigenvalue weighted by Gasteiger charge is 2.29. The fourth-order valence-electron chi connectivity index (χ4n) is 12.1. The van der Waals surface area contributed by atoms with Gasteiger partial charge in [0.2, 0.25) is 0 Å². The molecule has 0 spiro atoms. The summed E-state index contributed by atoms with van der Waals surface area (Å²) in [5.74, 6) is 1.85. The zero-order valence-corrected chi connectivity index (χ0v) is 42.9. The highest BCUT2D eigenvalue weighted by Crippen LogP contribution is 2.44. The summed E-state index contributed by atoms with van der Waals surface area (Å²) < 4.78 is 9.10. The highest BCUT2D eigenvalue weighted by atomic mass is 16.3. The molecule has 0 N–H and O–H groups in total. The molecule has 2 heterocycles. The second-order valence-electron chi connectivity index (χ2n) is 20.5. The lowest BCUT2D eigenvalue weighted by Gasteiger charge is -2.27. The van der Waals surface area contributed by atoms with Crippen LogP contribution in [0.15, 0.2) is 252 Å². The van der Waals surface area contributed by atoms with Crippen molar-refractivity contribution in [2.75, 3.05) is 4.90 Å². The van der Waals surface area contributed by atoms with E-state index in [0.717, 1.165) is 98.2 Å². The Hall–Kier alpha value is -8.40. The molecular formula is C72H64N2O. The summed E-state index contributed by atoms with van der Waals surface area (Å²) in [5, 5.41) is 1.24. The van der Waals surface area contributed by atoms with Crippen LogP contribution in [0.2, 0.25) is 0 Å². The van der Waals surface area contributed by atoms with Crippen LogP contribution in [-0.4, -0.2) is 4.57 Å². The van der Waals surface area contributed by atoms with Crippen molar-refractivity contribution in [3.8, 4) is 11.1 Å². The molecule has 2 aromatic heterocycles. The second-order valence-corrected chi connectivity index (χ2v) is 20.5. The maximum atomic E-state index is 6.54. The SMILES string of the molecule is C=C/C=C(C=C)/C=C/C=C(\C=C)N(c1ccc(C2=CC=C(C3=Cc4c(oc5ccc(C6C=CC(C7C=Cc8c(c9c(n8C8=CCCC=C8)CCC=C9)C7)=CC6)cc45)CC3)CC2)cc1)c1ccc(-c2ccccc2)cc1. The van der Waals surface area contributed by atoms with E-state index >= 15 is 0 Å². The monoisotopic (exact) mass is 973 g/mol. The predicted octanol–water partition coefficient (Wildman–Crippen LogP) is 19.1. The number of aryl methyl sites for hydroxylation is 1. The minimum absolute atomic E-state index is 0.340. The molecule has 75 heavy (non-hydrogen) atoms. The minimum atomic E-state index is 0.340. The molecule has 0 saturated heterocycles. The zero-order chi connectivity index (χ0) is 50.7. The first-order valence-electron chi connectivity index (χ1n) is 27.1. The summed E-state index contributed by atoms with van der Waals surface area (Å²) in [6.45, 7) is 12.1. The molecule has 6 aliphatic carbocycles. The van der Waals surface area contributed by atoms with Crippen molar-refractivity contribution in [1.82, 2.24) is 4.57 Å². The Kier molecular flexibility index (Phi) is 13.5.